The maximum atomic E-state index is 12.0. The van der Waals surface area contributed by atoms with Crippen LogP contribution in [0.2, 0.25) is 0 Å². The molecule has 1 fully saturated rings. The molecule has 27 heavy (non-hydrogen) atoms. The van der Waals surface area contributed by atoms with Gasteiger partial charge in [0.2, 0.25) is 0 Å². The Kier molecular flexibility index (Phi) is 6.31. The second-order valence-corrected chi connectivity index (χ2v) is 5.12. The van der Waals surface area contributed by atoms with E-state index >= 15 is 0 Å². The Balaban J connectivity index is 2.13. The molecular weight excluding hydrogens is 366 g/mol. The smallest absolute Gasteiger partial charge is 0.437 e. The molecule has 0 aromatic heterocycles. The van der Waals surface area contributed by atoms with Crippen LogP contribution in [0.1, 0.15) is 18.4 Å². The van der Waals surface area contributed by atoms with Gasteiger partial charge in [0.25, 0.3) is 11.8 Å². The first-order valence-electron chi connectivity index (χ1n) is 7.55. The minimum Gasteiger partial charge on any atom is -0.437 e. The number of rotatable bonds is 5. The van der Waals surface area contributed by atoms with Crippen LogP contribution in [0.3, 0.4) is 0 Å². The molecule has 11 nitrogen and oxygen atoms in total. The van der Waals surface area contributed by atoms with E-state index in [-0.39, 0.29) is 36.3 Å². The van der Waals surface area contributed by atoms with Crippen LogP contribution < -0.4 is 9.47 Å². The van der Waals surface area contributed by atoms with Gasteiger partial charge in [0.1, 0.15) is 0 Å². The third-order valence-electron chi connectivity index (χ3n) is 3.28. The molecule has 1 saturated heterocycles. The molecule has 11 heteroatoms. The van der Waals surface area contributed by atoms with E-state index < -0.39 is 30.1 Å². The molecule has 0 radical (unpaired) electrons. The molecule has 144 valence electrons. The summed E-state index contributed by atoms with van der Waals surface area (Å²) in [5, 5.41) is 0.420. The second-order valence-electron chi connectivity index (χ2n) is 5.12. The Labute approximate surface area is 152 Å². The summed E-state index contributed by atoms with van der Waals surface area (Å²) in [6, 6.07) is 3.87. The number of amides is 2. The summed E-state index contributed by atoms with van der Waals surface area (Å²) in [7, 11) is 2.17. The highest BCUT2D eigenvalue weighted by Gasteiger charge is 2.32. The van der Waals surface area contributed by atoms with Gasteiger partial charge in [0, 0.05) is 12.8 Å². The zero-order chi connectivity index (χ0) is 20.0. The van der Waals surface area contributed by atoms with Gasteiger partial charge >= 0.3 is 18.3 Å². The molecule has 2 rings (SSSR count). The van der Waals surface area contributed by atoms with Gasteiger partial charge in [-0.2, -0.15) is 0 Å². The highest BCUT2D eigenvalue weighted by atomic mass is 16.7. The highest BCUT2D eigenvalue weighted by molar-refractivity contribution is 6.01. The molecule has 1 aromatic rings. The van der Waals surface area contributed by atoms with Crippen molar-refractivity contribution in [2.45, 2.75) is 19.3 Å². The van der Waals surface area contributed by atoms with Crippen LogP contribution in [0.4, 0.5) is 9.59 Å². The number of imide groups is 1. The van der Waals surface area contributed by atoms with Crippen LogP contribution in [-0.2, 0) is 35.1 Å². The van der Waals surface area contributed by atoms with Crippen molar-refractivity contribution in [3.63, 3.8) is 0 Å². The number of methoxy groups -OCH3 is 2. The molecule has 0 atom stereocenters. The van der Waals surface area contributed by atoms with Gasteiger partial charge in [0.15, 0.2) is 11.5 Å². The van der Waals surface area contributed by atoms with Crippen LogP contribution in [0.5, 0.6) is 11.5 Å². The molecule has 1 aliphatic heterocycles. The maximum Gasteiger partial charge on any atom is 0.513 e. The fraction of sp³-hybridized carbons (Fsp3) is 0.312. The maximum absolute atomic E-state index is 12.0. The van der Waals surface area contributed by atoms with E-state index in [0.29, 0.717) is 5.06 Å². The second kappa shape index (κ2) is 8.65. The first kappa shape index (κ1) is 19.7. The third-order valence-corrected chi connectivity index (χ3v) is 3.28. The van der Waals surface area contributed by atoms with Gasteiger partial charge in [-0.3, -0.25) is 9.59 Å². The lowest BCUT2D eigenvalue weighted by atomic mass is 10.1. The molecule has 0 bridgehead atoms. The molecule has 1 aliphatic rings. The first-order chi connectivity index (χ1) is 12.8. The third kappa shape index (κ3) is 5.17. The SMILES string of the molecule is COC(=O)Oc1ccc(CC(=O)ON2C(=O)CCC2=O)cc1OC(=O)OC. The van der Waals surface area contributed by atoms with Gasteiger partial charge in [0.05, 0.1) is 20.6 Å². The summed E-state index contributed by atoms with van der Waals surface area (Å²) in [6.07, 6.45) is -2.54. The van der Waals surface area contributed by atoms with Crippen LogP contribution in [-0.4, -0.2) is 49.4 Å². The van der Waals surface area contributed by atoms with Crippen molar-refractivity contribution in [3.05, 3.63) is 23.8 Å². The van der Waals surface area contributed by atoms with E-state index in [0.717, 1.165) is 14.2 Å². The Bertz CT molecular complexity index is 771. The topological polar surface area (TPSA) is 135 Å². The number of carbonyl (C=O) groups excluding carboxylic acids is 5. The van der Waals surface area contributed by atoms with Gasteiger partial charge in [-0.1, -0.05) is 6.07 Å². The number of carbonyl (C=O) groups is 5. The lowest BCUT2D eigenvalue weighted by Gasteiger charge is -2.13. The summed E-state index contributed by atoms with van der Waals surface area (Å²) in [5.41, 5.74) is 0.287. The molecule has 2 amide bonds. The predicted molar refractivity (Wildman–Crippen MR) is 83.4 cm³/mol. The number of nitrogens with zero attached hydrogens (tertiary/aromatic N) is 1. The number of ether oxygens (including phenoxy) is 4. The lowest BCUT2D eigenvalue weighted by molar-refractivity contribution is -0.197. The highest BCUT2D eigenvalue weighted by Crippen LogP contribution is 2.29. The van der Waals surface area contributed by atoms with E-state index in [1.165, 1.54) is 18.2 Å². The van der Waals surface area contributed by atoms with Crippen LogP contribution in [0.15, 0.2) is 18.2 Å². The summed E-state index contributed by atoms with van der Waals surface area (Å²) in [4.78, 5) is 62.2. The average Bonchev–Trinajstić information content (AvgIpc) is 2.95. The molecule has 0 saturated carbocycles. The van der Waals surface area contributed by atoms with Crippen molar-refractivity contribution < 1.29 is 47.8 Å². The molecule has 0 spiro atoms. The summed E-state index contributed by atoms with van der Waals surface area (Å²) in [6.45, 7) is 0. The largest absolute Gasteiger partial charge is 0.513 e. The van der Waals surface area contributed by atoms with Crippen molar-refractivity contribution in [1.29, 1.82) is 0 Å². The first-order valence-corrected chi connectivity index (χ1v) is 7.55. The normalized spacial score (nSPS) is 13.2. The lowest BCUT2D eigenvalue weighted by Crippen LogP contribution is -2.32. The number of hydrogen-bond donors (Lipinski definition) is 0. The molecule has 0 aliphatic carbocycles. The van der Waals surface area contributed by atoms with Gasteiger partial charge in [-0.15, -0.1) is 5.06 Å². The quantitative estimate of drug-likeness (QED) is 0.415. The number of benzene rings is 1. The summed E-state index contributed by atoms with van der Waals surface area (Å²) >= 11 is 0. The summed E-state index contributed by atoms with van der Waals surface area (Å²) < 4.78 is 18.4. The molecule has 0 N–H and O–H groups in total. The number of hydrogen-bond acceptors (Lipinski definition) is 10. The monoisotopic (exact) mass is 381 g/mol. The van der Waals surface area contributed by atoms with Crippen LogP contribution >= 0.6 is 0 Å². The Morgan fingerprint density at radius 3 is 2.04 bits per heavy atom. The fourth-order valence-corrected chi connectivity index (χ4v) is 2.05. The number of hydroxylamine groups is 2. The van der Waals surface area contributed by atoms with Crippen LogP contribution in [0, 0.1) is 0 Å². The Morgan fingerprint density at radius 1 is 0.926 bits per heavy atom. The Hall–Kier alpha value is -3.63. The van der Waals surface area contributed by atoms with Crippen molar-refractivity contribution >= 4 is 30.1 Å². The average molecular weight is 381 g/mol. The van der Waals surface area contributed by atoms with E-state index in [1.807, 2.05) is 0 Å². The van der Waals surface area contributed by atoms with Crippen molar-refractivity contribution in [2.24, 2.45) is 0 Å². The van der Waals surface area contributed by atoms with E-state index in [2.05, 4.69) is 9.47 Å². The summed E-state index contributed by atoms with van der Waals surface area (Å²) in [5.74, 6) is -2.47. The van der Waals surface area contributed by atoms with Gasteiger partial charge < -0.3 is 23.8 Å². The molecule has 0 unspecified atom stereocenters. The zero-order valence-corrected chi connectivity index (χ0v) is 14.4. The van der Waals surface area contributed by atoms with E-state index in [1.54, 1.807) is 0 Å². The molecule has 1 heterocycles. The van der Waals surface area contributed by atoms with Crippen molar-refractivity contribution in [1.82, 2.24) is 5.06 Å². The molecule has 1 aromatic carbocycles. The predicted octanol–water partition coefficient (Wildman–Crippen LogP) is 1.13. The zero-order valence-electron chi connectivity index (χ0n) is 14.4. The van der Waals surface area contributed by atoms with Crippen molar-refractivity contribution in [2.75, 3.05) is 14.2 Å². The van der Waals surface area contributed by atoms with E-state index in [4.69, 9.17) is 14.3 Å². The minimum atomic E-state index is -1.09. The standard InChI is InChI=1S/C16H15NO10/c1-23-15(21)25-10-4-3-9(7-11(10)26-16(22)24-2)8-14(20)27-17-12(18)5-6-13(17)19/h3-4,7H,5-6,8H2,1-2H3. The van der Waals surface area contributed by atoms with Gasteiger partial charge in [-0.05, 0) is 17.7 Å². The Morgan fingerprint density at radius 2 is 1.48 bits per heavy atom. The van der Waals surface area contributed by atoms with E-state index in [9.17, 15) is 24.0 Å². The van der Waals surface area contributed by atoms with Gasteiger partial charge in [-0.25, -0.2) is 14.4 Å². The molecular formula is C16H15NO10. The van der Waals surface area contributed by atoms with Crippen molar-refractivity contribution in [3.8, 4) is 11.5 Å². The minimum absolute atomic E-state index is 0.0250. The van der Waals surface area contributed by atoms with Crippen LogP contribution in [0.25, 0.3) is 0 Å². The fourth-order valence-electron chi connectivity index (χ4n) is 2.05.